The third-order valence-electron chi connectivity index (χ3n) is 3.37. The lowest BCUT2D eigenvalue weighted by molar-refractivity contribution is -0.384. The number of carbonyl (C=O) groups excluding carboxylic acids is 1. The minimum absolute atomic E-state index is 0.120. The Labute approximate surface area is 158 Å². The van der Waals surface area contributed by atoms with Gasteiger partial charge in [-0.1, -0.05) is 34.1 Å². The third kappa shape index (κ3) is 5.72. The first-order chi connectivity index (χ1) is 12.5. The van der Waals surface area contributed by atoms with Gasteiger partial charge in [0.1, 0.15) is 11.6 Å². The number of anilines is 1. The van der Waals surface area contributed by atoms with Crippen molar-refractivity contribution in [2.24, 2.45) is 0 Å². The van der Waals surface area contributed by atoms with Crippen molar-refractivity contribution in [2.45, 2.75) is 6.42 Å². The molecule has 0 aliphatic carbocycles. The molecule has 0 saturated heterocycles. The van der Waals surface area contributed by atoms with E-state index >= 15 is 0 Å². The summed E-state index contributed by atoms with van der Waals surface area (Å²) in [6.07, 6.45) is 2.06. The van der Waals surface area contributed by atoms with Crippen molar-refractivity contribution >= 4 is 33.2 Å². The molecule has 0 heterocycles. The van der Waals surface area contributed by atoms with Crippen LogP contribution in [-0.4, -0.2) is 17.4 Å². The van der Waals surface area contributed by atoms with Crippen LogP contribution < -0.4 is 10.6 Å². The fourth-order valence-electron chi connectivity index (χ4n) is 2.13. The van der Waals surface area contributed by atoms with Gasteiger partial charge in [-0.3, -0.25) is 14.9 Å². The van der Waals surface area contributed by atoms with E-state index in [0.717, 1.165) is 16.5 Å². The Balaban J connectivity index is 1.93. The molecule has 1 amide bonds. The van der Waals surface area contributed by atoms with Gasteiger partial charge in [-0.15, -0.1) is 0 Å². The van der Waals surface area contributed by atoms with E-state index in [-0.39, 0.29) is 16.9 Å². The molecule has 2 rings (SSSR count). The zero-order chi connectivity index (χ0) is 18.9. The highest BCUT2D eigenvalue weighted by molar-refractivity contribution is 9.10. The number of nitro benzene ring substituents is 1. The lowest BCUT2D eigenvalue weighted by atomic mass is 10.1. The number of nitriles is 1. The van der Waals surface area contributed by atoms with Gasteiger partial charge >= 0.3 is 0 Å². The Morgan fingerprint density at radius 2 is 2.04 bits per heavy atom. The highest BCUT2D eigenvalue weighted by Crippen LogP contribution is 2.17. The average molecular weight is 415 g/mol. The predicted octanol–water partition coefficient (Wildman–Crippen LogP) is 3.54. The molecule has 0 saturated carbocycles. The van der Waals surface area contributed by atoms with E-state index in [9.17, 15) is 14.9 Å². The summed E-state index contributed by atoms with van der Waals surface area (Å²) in [6.45, 7) is 0.547. The molecule has 0 aliphatic rings. The molecule has 2 N–H and O–H groups in total. The number of rotatable bonds is 7. The number of carbonyl (C=O) groups is 1. The van der Waals surface area contributed by atoms with Gasteiger partial charge in [-0.05, 0) is 30.2 Å². The number of hydrogen-bond donors (Lipinski definition) is 2. The molecular weight excluding hydrogens is 400 g/mol. The maximum atomic E-state index is 12.1. The number of nitrogens with zero attached hydrogens (tertiary/aromatic N) is 2. The maximum absolute atomic E-state index is 12.1. The number of halogens is 1. The van der Waals surface area contributed by atoms with Gasteiger partial charge in [0.25, 0.3) is 11.6 Å². The SMILES string of the molecule is N#C/C(=C/NCCc1cccc(Br)c1)C(=O)Nc1cccc([N+](=O)[O-])c1. The minimum Gasteiger partial charge on any atom is -0.389 e. The summed E-state index contributed by atoms with van der Waals surface area (Å²) in [6, 6.07) is 15.2. The summed E-state index contributed by atoms with van der Waals surface area (Å²) in [5, 5.41) is 25.3. The number of amides is 1. The van der Waals surface area contributed by atoms with Crippen LogP contribution >= 0.6 is 15.9 Å². The van der Waals surface area contributed by atoms with E-state index in [4.69, 9.17) is 5.26 Å². The number of benzene rings is 2. The molecule has 0 bridgehead atoms. The summed E-state index contributed by atoms with van der Waals surface area (Å²) in [5.74, 6) is -0.636. The van der Waals surface area contributed by atoms with Gasteiger partial charge in [0.2, 0.25) is 0 Å². The zero-order valence-electron chi connectivity index (χ0n) is 13.6. The van der Waals surface area contributed by atoms with Gasteiger partial charge in [0.15, 0.2) is 0 Å². The van der Waals surface area contributed by atoms with Gasteiger partial charge in [-0.25, -0.2) is 0 Å². The van der Waals surface area contributed by atoms with Crippen molar-refractivity contribution in [3.05, 3.63) is 80.5 Å². The van der Waals surface area contributed by atoms with Gasteiger partial charge < -0.3 is 10.6 Å². The van der Waals surface area contributed by atoms with E-state index in [0.29, 0.717) is 6.54 Å². The van der Waals surface area contributed by atoms with Crippen LogP contribution in [0.1, 0.15) is 5.56 Å². The van der Waals surface area contributed by atoms with Crippen molar-refractivity contribution < 1.29 is 9.72 Å². The normalized spacial score (nSPS) is 10.7. The Bertz CT molecular complexity index is 890. The van der Waals surface area contributed by atoms with E-state index in [1.807, 2.05) is 30.3 Å². The number of nitrogens with one attached hydrogen (secondary N) is 2. The summed E-state index contributed by atoms with van der Waals surface area (Å²) in [4.78, 5) is 22.3. The van der Waals surface area contributed by atoms with E-state index in [2.05, 4.69) is 26.6 Å². The average Bonchev–Trinajstić information content (AvgIpc) is 2.62. The quantitative estimate of drug-likeness (QED) is 0.237. The van der Waals surface area contributed by atoms with Gasteiger partial charge in [-0.2, -0.15) is 5.26 Å². The fraction of sp³-hybridized carbons (Fsp3) is 0.111. The van der Waals surface area contributed by atoms with Crippen LogP contribution in [0.3, 0.4) is 0 Å². The highest BCUT2D eigenvalue weighted by Gasteiger charge is 2.11. The standard InChI is InChI=1S/C18H15BrN4O3/c19-15-4-1-3-13(9-15)7-8-21-12-14(11-20)18(24)22-16-5-2-6-17(10-16)23(25)26/h1-6,9-10,12,21H,7-8H2,(H,22,24)/b14-12-. The zero-order valence-corrected chi connectivity index (χ0v) is 15.2. The second-order valence-corrected chi connectivity index (χ2v) is 6.18. The van der Waals surface area contributed by atoms with E-state index in [1.165, 1.54) is 30.5 Å². The number of nitro groups is 1. The van der Waals surface area contributed by atoms with Crippen molar-refractivity contribution in [1.82, 2.24) is 5.32 Å². The number of non-ortho nitro benzene ring substituents is 1. The highest BCUT2D eigenvalue weighted by atomic mass is 79.9. The van der Waals surface area contributed by atoms with Crippen molar-refractivity contribution in [1.29, 1.82) is 5.26 Å². The van der Waals surface area contributed by atoms with Crippen LogP contribution in [-0.2, 0) is 11.2 Å². The molecule has 8 heteroatoms. The van der Waals surface area contributed by atoms with E-state index < -0.39 is 10.8 Å². The molecule has 0 unspecified atom stereocenters. The molecule has 2 aromatic rings. The molecule has 0 aliphatic heterocycles. The minimum atomic E-state index is -0.636. The van der Waals surface area contributed by atoms with Crippen molar-refractivity contribution in [3.63, 3.8) is 0 Å². The predicted molar refractivity (Wildman–Crippen MR) is 101 cm³/mol. The molecule has 7 nitrogen and oxygen atoms in total. The molecule has 0 radical (unpaired) electrons. The molecule has 132 valence electrons. The summed E-state index contributed by atoms with van der Waals surface area (Å²) in [5.41, 5.74) is 1.10. The molecule has 0 atom stereocenters. The fourth-order valence-corrected chi connectivity index (χ4v) is 2.57. The molecule has 0 spiro atoms. The van der Waals surface area contributed by atoms with Gasteiger partial charge in [0.05, 0.1) is 4.92 Å². The Kier molecular flexibility index (Phi) is 6.88. The summed E-state index contributed by atoms with van der Waals surface area (Å²) >= 11 is 3.40. The smallest absolute Gasteiger partial charge is 0.271 e. The lowest BCUT2D eigenvalue weighted by Crippen LogP contribution is -2.18. The Hall–Kier alpha value is -3.18. The third-order valence-corrected chi connectivity index (χ3v) is 3.87. The molecule has 0 aromatic heterocycles. The van der Waals surface area contributed by atoms with Crippen LogP contribution in [0.15, 0.2) is 64.8 Å². The monoisotopic (exact) mass is 414 g/mol. The number of hydrogen-bond acceptors (Lipinski definition) is 5. The summed E-state index contributed by atoms with van der Waals surface area (Å²) in [7, 11) is 0. The van der Waals surface area contributed by atoms with Crippen molar-refractivity contribution in [2.75, 3.05) is 11.9 Å². The van der Waals surface area contributed by atoms with Crippen LogP contribution in [0.25, 0.3) is 0 Å². The first kappa shape index (κ1) is 19.1. The van der Waals surface area contributed by atoms with Crippen molar-refractivity contribution in [3.8, 4) is 6.07 Å². The van der Waals surface area contributed by atoms with Crippen LogP contribution in [0, 0.1) is 21.4 Å². The lowest BCUT2D eigenvalue weighted by Gasteiger charge is -2.05. The summed E-state index contributed by atoms with van der Waals surface area (Å²) < 4.78 is 0.986. The first-order valence-electron chi connectivity index (χ1n) is 7.63. The van der Waals surface area contributed by atoms with Crippen LogP contribution in [0.2, 0.25) is 0 Å². The van der Waals surface area contributed by atoms with Crippen LogP contribution in [0.5, 0.6) is 0 Å². The largest absolute Gasteiger partial charge is 0.389 e. The Morgan fingerprint density at radius 1 is 1.27 bits per heavy atom. The maximum Gasteiger partial charge on any atom is 0.271 e. The molecule has 0 fully saturated rings. The molecular formula is C18H15BrN4O3. The Morgan fingerprint density at radius 3 is 2.73 bits per heavy atom. The van der Waals surface area contributed by atoms with Gasteiger partial charge in [0, 0.05) is 35.0 Å². The van der Waals surface area contributed by atoms with E-state index in [1.54, 1.807) is 0 Å². The topological polar surface area (TPSA) is 108 Å². The second kappa shape index (κ2) is 9.34. The van der Waals surface area contributed by atoms with Crippen LogP contribution in [0.4, 0.5) is 11.4 Å². The molecule has 26 heavy (non-hydrogen) atoms. The second-order valence-electron chi connectivity index (χ2n) is 5.27. The molecule has 2 aromatic carbocycles. The first-order valence-corrected chi connectivity index (χ1v) is 8.43.